The van der Waals surface area contributed by atoms with Crippen LogP contribution in [-0.2, 0) is 4.79 Å². The van der Waals surface area contributed by atoms with Crippen molar-refractivity contribution in [3.63, 3.8) is 0 Å². The molecule has 3 rings (SSSR count). The van der Waals surface area contributed by atoms with Crippen LogP contribution < -0.4 is 10.1 Å². The molecule has 0 radical (unpaired) electrons. The minimum Gasteiger partial charge on any atom is -0.495 e. The summed E-state index contributed by atoms with van der Waals surface area (Å²) in [7, 11) is 1.58. The van der Waals surface area contributed by atoms with Gasteiger partial charge in [-0.1, -0.05) is 42.1 Å². The molecule has 0 aliphatic rings. The molecule has 1 N–H and O–H groups in total. The number of aromatic nitrogens is 2. The van der Waals surface area contributed by atoms with E-state index in [1.807, 2.05) is 49.4 Å². The fraction of sp³-hybridized carbons (Fsp3) is 0.167. The van der Waals surface area contributed by atoms with Crippen LogP contribution in [0.4, 0.5) is 5.69 Å². The first-order chi connectivity index (χ1) is 11.7. The van der Waals surface area contributed by atoms with Gasteiger partial charge in [-0.3, -0.25) is 4.79 Å². The molecule has 122 valence electrons. The summed E-state index contributed by atoms with van der Waals surface area (Å²) in [6.07, 6.45) is 1.72. The fourth-order valence-electron chi connectivity index (χ4n) is 2.35. The number of thioether (sulfide) groups is 1. The van der Waals surface area contributed by atoms with Crippen LogP contribution in [0.25, 0.3) is 10.8 Å². The summed E-state index contributed by atoms with van der Waals surface area (Å²) >= 11 is 1.37. The van der Waals surface area contributed by atoms with E-state index in [0.29, 0.717) is 11.4 Å². The number of hydrogen-bond acceptors (Lipinski definition) is 5. The van der Waals surface area contributed by atoms with Crippen LogP contribution in [0, 0.1) is 6.92 Å². The standard InChI is InChI=1S/C18H17N3O2S/c1-12-7-8-16(23-2)15(9-12)20-17(22)11-24-18-14-6-4-3-5-13(14)10-19-21-18/h3-10H,11H2,1-2H3,(H,20,22). The third kappa shape index (κ3) is 3.65. The number of benzene rings is 2. The molecule has 1 aromatic heterocycles. The van der Waals surface area contributed by atoms with Gasteiger partial charge in [0.2, 0.25) is 5.91 Å². The smallest absolute Gasteiger partial charge is 0.234 e. The molecule has 0 aliphatic heterocycles. The predicted molar refractivity (Wildman–Crippen MR) is 96.6 cm³/mol. The second kappa shape index (κ2) is 7.31. The molecule has 1 amide bonds. The first-order valence-corrected chi connectivity index (χ1v) is 8.43. The molecule has 0 saturated heterocycles. The Balaban J connectivity index is 1.71. The van der Waals surface area contributed by atoms with Crippen LogP contribution in [0.15, 0.2) is 53.7 Å². The number of amides is 1. The molecular formula is C18H17N3O2S. The van der Waals surface area contributed by atoms with Gasteiger partial charge < -0.3 is 10.1 Å². The Kier molecular flexibility index (Phi) is 4.96. The number of fused-ring (bicyclic) bond motifs is 1. The van der Waals surface area contributed by atoms with E-state index in [2.05, 4.69) is 15.5 Å². The van der Waals surface area contributed by atoms with Gasteiger partial charge >= 0.3 is 0 Å². The van der Waals surface area contributed by atoms with E-state index in [0.717, 1.165) is 21.4 Å². The second-order valence-corrected chi connectivity index (χ2v) is 6.24. The summed E-state index contributed by atoms with van der Waals surface area (Å²) < 4.78 is 5.28. The Hall–Kier alpha value is -2.60. The maximum Gasteiger partial charge on any atom is 0.234 e. The molecule has 3 aromatic rings. The number of carbonyl (C=O) groups excluding carboxylic acids is 1. The van der Waals surface area contributed by atoms with Gasteiger partial charge in [0.1, 0.15) is 10.8 Å². The SMILES string of the molecule is COc1ccc(C)cc1NC(=O)CSc1nncc2ccccc12. The molecule has 0 saturated carbocycles. The van der Waals surface area contributed by atoms with Crippen molar-refractivity contribution in [2.75, 3.05) is 18.2 Å². The summed E-state index contributed by atoms with van der Waals surface area (Å²) in [6, 6.07) is 13.5. The van der Waals surface area contributed by atoms with Crippen molar-refractivity contribution >= 4 is 34.1 Å². The van der Waals surface area contributed by atoms with Crippen molar-refractivity contribution in [3.05, 3.63) is 54.2 Å². The number of ether oxygens (including phenoxy) is 1. The zero-order valence-corrected chi connectivity index (χ0v) is 14.3. The Labute approximate surface area is 144 Å². The Bertz CT molecular complexity index is 878. The molecule has 0 bridgehead atoms. The largest absolute Gasteiger partial charge is 0.495 e. The molecule has 5 nitrogen and oxygen atoms in total. The van der Waals surface area contributed by atoms with Crippen molar-refractivity contribution in [1.82, 2.24) is 10.2 Å². The molecule has 0 aliphatic carbocycles. The highest BCUT2D eigenvalue weighted by Crippen LogP contribution is 2.27. The topological polar surface area (TPSA) is 64.1 Å². The number of hydrogen-bond donors (Lipinski definition) is 1. The lowest BCUT2D eigenvalue weighted by atomic mass is 10.2. The van der Waals surface area contributed by atoms with Crippen LogP contribution >= 0.6 is 11.8 Å². The Morgan fingerprint density at radius 2 is 2.08 bits per heavy atom. The lowest BCUT2D eigenvalue weighted by molar-refractivity contribution is -0.113. The van der Waals surface area contributed by atoms with E-state index in [1.165, 1.54) is 11.8 Å². The van der Waals surface area contributed by atoms with E-state index in [9.17, 15) is 4.79 Å². The highest BCUT2D eigenvalue weighted by atomic mass is 32.2. The van der Waals surface area contributed by atoms with Gasteiger partial charge in [0.25, 0.3) is 0 Å². The number of nitrogens with one attached hydrogen (secondary N) is 1. The van der Waals surface area contributed by atoms with Crippen molar-refractivity contribution < 1.29 is 9.53 Å². The number of anilines is 1. The molecule has 2 aromatic carbocycles. The lowest BCUT2D eigenvalue weighted by Crippen LogP contribution is -2.15. The Morgan fingerprint density at radius 1 is 1.25 bits per heavy atom. The fourth-order valence-corrected chi connectivity index (χ4v) is 3.13. The normalized spacial score (nSPS) is 10.6. The molecule has 0 fully saturated rings. The highest BCUT2D eigenvalue weighted by molar-refractivity contribution is 8.00. The maximum absolute atomic E-state index is 12.3. The molecule has 0 spiro atoms. The first-order valence-electron chi connectivity index (χ1n) is 7.45. The van der Waals surface area contributed by atoms with Gasteiger partial charge in [-0.2, -0.15) is 5.10 Å². The van der Waals surface area contributed by atoms with Gasteiger partial charge in [-0.15, -0.1) is 5.10 Å². The van der Waals surface area contributed by atoms with E-state index in [4.69, 9.17) is 4.74 Å². The van der Waals surface area contributed by atoms with E-state index < -0.39 is 0 Å². The molecule has 1 heterocycles. The summed E-state index contributed by atoms with van der Waals surface area (Å²) in [4.78, 5) is 12.3. The summed E-state index contributed by atoms with van der Waals surface area (Å²) in [5.41, 5.74) is 1.73. The van der Waals surface area contributed by atoms with Crippen molar-refractivity contribution in [1.29, 1.82) is 0 Å². The highest BCUT2D eigenvalue weighted by Gasteiger charge is 2.10. The van der Waals surface area contributed by atoms with Crippen LogP contribution in [-0.4, -0.2) is 29.0 Å². The van der Waals surface area contributed by atoms with Gasteiger partial charge in [0.15, 0.2) is 0 Å². The van der Waals surface area contributed by atoms with Gasteiger partial charge in [0, 0.05) is 10.8 Å². The lowest BCUT2D eigenvalue weighted by Gasteiger charge is -2.11. The number of nitrogens with zero attached hydrogens (tertiary/aromatic N) is 2. The molecule has 24 heavy (non-hydrogen) atoms. The van der Waals surface area contributed by atoms with Crippen molar-refractivity contribution in [2.24, 2.45) is 0 Å². The molecule has 0 atom stereocenters. The van der Waals surface area contributed by atoms with Crippen LogP contribution in [0.1, 0.15) is 5.56 Å². The monoisotopic (exact) mass is 339 g/mol. The van der Waals surface area contributed by atoms with E-state index in [1.54, 1.807) is 13.3 Å². The van der Waals surface area contributed by atoms with E-state index >= 15 is 0 Å². The zero-order valence-electron chi connectivity index (χ0n) is 13.4. The van der Waals surface area contributed by atoms with Crippen LogP contribution in [0.2, 0.25) is 0 Å². The van der Waals surface area contributed by atoms with Gasteiger partial charge in [-0.25, -0.2) is 0 Å². The third-order valence-corrected chi connectivity index (χ3v) is 4.49. The van der Waals surface area contributed by atoms with Crippen LogP contribution in [0.5, 0.6) is 5.75 Å². The minimum atomic E-state index is -0.112. The first kappa shape index (κ1) is 16.3. The number of methoxy groups -OCH3 is 1. The zero-order chi connectivity index (χ0) is 16.9. The summed E-state index contributed by atoms with van der Waals surface area (Å²) in [6.45, 7) is 1.97. The molecular weight excluding hydrogens is 322 g/mol. The maximum atomic E-state index is 12.3. The average molecular weight is 339 g/mol. The Morgan fingerprint density at radius 3 is 2.92 bits per heavy atom. The van der Waals surface area contributed by atoms with E-state index in [-0.39, 0.29) is 11.7 Å². The number of rotatable bonds is 5. The van der Waals surface area contributed by atoms with Crippen molar-refractivity contribution in [3.8, 4) is 5.75 Å². The van der Waals surface area contributed by atoms with Crippen LogP contribution in [0.3, 0.4) is 0 Å². The van der Waals surface area contributed by atoms with Crippen molar-refractivity contribution in [2.45, 2.75) is 11.9 Å². The third-order valence-electron chi connectivity index (χ3n) is 3.51. The molecule has 6 heteroatoms. The quantitative estimate of drug-likeness (QED) is 0.719. The van der Waals surface area contributed by atoms with Gasteiger partial charge in [-0.05, 0) is 24.6 Å². The summed E-state index contributed by atoms with van der Waals surface area (Å²) in [5, 5.41) is 13.8. The second-order valence-electron chi connectivity index (χ2n) is 5.28. The number of aryl methyl sites for hydroxylation is 1. The van der Waals surface area contributed by atoms with Gasteiger partial charge in [0.05, 0.1) is 24.7 Å². The summed E-state index contributed by atoms with van der Waals surface area (Å²) in [5.74, 6) is 0.780. The number of carbonyl (C=O) groups is 1. The minimum absolute atomic E-state index is 0.112. The predicted octanol–water partition coefficient (Wildman–Crippen LogP) is 3.68. The molecule has 0 unspecified atom stereocenters. The average Bonchev–Trinajstić information content (AvgIpc) is 2.60.